The number of nitrogens with zero attached hydrogens (tertiary/aromatic N) is 2. The average molecular weight is 223 g/mol. The van der Waals surface area contributed by atoms with E-state index < -0.39 is 5.41 Å². The van der Waals surface area contributed by atoms with Gasteiger partial charge < -0.3 is 16.4 Å². The molecule has 0 bridgehead atoms. The maximum atomic E-state index is 11.5. The van der Waals surface area contributed by atoms with Crippen LogP contribution in [0.2, 0.25) is 0 Å². The third-order valence-electron chi connectivity index (χ3n) is 2.21. The van der Waals surface area contributed by atoms with Crippen LogP contribution in [-0.2, 0) is 4.79 Å². The first-order valence-corrected chi connectivity index (χ1v) is 5.00. The first kappa shape index (κ1) is 12.2. The van der Waals surface area contributed by atoms with E-state index in [1.807, 2.05) is 13.8 Å². The molecule has 0 aliphatic heterocycles. The molecule has 16 heavy (non-hydrogen) atoms. The van der Waals surface area contributed by atoms with Crippen molar-refractivity contribution in [2.45, 2.75) is 13.8 Å². The van der Waals surface area contributed by atoms with Crippen LogP contribution in [0.5, 0.6) is 0 Å². The van der Waals surface area contributed by atoms with Crippen LogP contribution in [0.15, 0.2) is 12.3 Å². The van der Waals surface area contributed by atoms with Crippen molar-refractivity contribution in [1.29, 1.82) is 0 Å². The fourth-order valence-electron chi connectivity index (χ4n) is 1.18. The van der Waals surface area contributed by atoms with Crippen molar-refractivity contribution in [3.63, 3.8) is 0 Å². The molecule has 1 heterocycles. The van der Waals surface area contributed by atoms with Crippen molar-refractivity contribution in [2.75, 3.05) is 24.6 Å². The highest BCUT2D eigenvalue weighted by Gasteiger charge is 2.26. The third-order valence-corrected chi connectivity index (χ3v) is 2.21. The summed E-state index contributed by atoms with van der Waals surface area (Å²) in [4.78, 5) is 19.5. The number of carbonyl (C=O) groups excluding carboxylic acids is 1. The predicted octanol–water partition coefficient (Wildman–Crippen LogP) is 0.243. The Hall–Kier alpha value is -1.85. The van der Waals surface area contributed by atoms with Crippen LogP contribution in [-0.4, -0.2) is 29.5 Å². The number of nitrogens with one attached hydrogen (secondary N) is 2. The maximum Gasteiger partial charge on any atom is 0.227 e. The Bertz CT molecular complexity index is 377. The molecule has 1 aromatic rings. The lowest BCUT2D eigenvalue weighted by Gasteiger charge is -2.22. The Morgan fingerprint density at radius 3 is 2.81 bits per heavy atom. The van der Waals surface area contributed by atoms with Crippen molar-refractivity contribution in [3.8, 4) is 0 Å². The van der Waals surface area contributed by atoms with Crippen molar-refractivity contribution in [3.05, 3.63) is 12.3 Å². The van der Waals surface area contributed by atoms with Gasteiger partial charge in [-0.05, 0) is 19.9 Å². The van der Waals surface area contributed by atoms with E-state index >= 15 is 0 Å². The Morgan fingerprint density at radius 1 is 1.56 bits per heavy atom. The highest BCUT2D eigenvalue weighted by atomic mass is 16.2. The monoisotopic (exact) mass is 223 g/mol. The molecule has 0 aromatic carbocycles. The summed E-state index contributed by atoms with van der Waals surface area (Å²) < 4.78 is 0. The molecule has 88 valence electrons. The minimum Gasteiger partial charge on any atom is -0.384 e. The molecule has 4 N–H and O–H groups in total. The second-order valence-corrected chi connectivity index (χ2v) is 4.12. The molecule has 0 unspecified atom stereocenters. The molecule has 0 aliphatic rings. The smallest absolute Gasteiger partial charge is 0.227 e. The number of anilines is 2. The average Bonchev–Trinajstić information content (AvgIpc) is 2.25. The second-order valence-electron chi connectivity index (χ2n) is 4.12. The van der Waals surface area contributed by atoms with Crippen LogP contribution in [0.3, 0.4) is 0 Å². The summed E-state index contributed by atoms with van der Waals surface area (Å²) in [6, 6.07) is 1.61. The van der Waals surface area contributed by atoms with E-state index in [1.165, 1.54) is 0 Å². The summed E-state index contributed by atoms with van der Waals surface area (Å²) in [5.74, 6) is 0.788. The third kappa shape index (κ3) is 3.08. The topological polar surface area (TPSA) is 92.9 Å². The molecule has 0 saturated carbocycles. The van der Waals surface area contributed by atoms with E-state index in [9.17, 15) is 4.79 Å². The van der Waals surface area contributed by atoms with E-state index in [-0.39, 0.29) is 5.91 Å². The molecule has 0 aliphatic carbocycles. The van der Waals surface area contributed by atoms with Crippen LogP contribution < -0.4 is 16.4 Å². The Morgan fingerprint density at radius 2 is 2.25 bits per heavy atom. The highest BCUT2D eigenvalue weighted by Crippen LogP contribution is 2.15. The molecule has 0 radical (unpaired) electrons. The van der Waals surface area contributed by atoms with Gasteiger partial charge in [0.05, 0.1) is 5.41 Å². The normalized spacial score (nSPS) is 10.9. The SMILES string of the molecule is CNC(=O)C(C)(C)CNc1nccc(N)n1. The Labute approximate surface area is 94.7 Å². The minimum absolute atomic E-state index is 0.0381. The summed E-state index contributed by atoms with van der Waals surface area (Å²) in [7, 11) is 1.61. The van der Waals surface area contributed by atoms with E-state index in [1.54, 1.807) is 19.3 Å². The molecule has 0 saturated heterocycles. The fourth-order valence-corrected chi connectivity index (χ4v) is 1.18. The van der Waals surface area contributed by atoms with Crippen LogP contribution in [0.1, 0.15) is 13.8 Å². The molecule has 1 amide bonds. The van der Waals surface area contributed by atoms with Gasteiger partial charge in [0.2, 0.25) is 11.9 Å². The molecule has 1 rings (SSSR count). The van der Waals surface area contributed by atoms with Gasteiger partial charge in [0, 0.05) is 19.8 Å². The second kappa shape index (κ2) is 4.78. The maximum absolute atomic E-state index is 11.5. The largest absolute Gasteiger partial charge is 0.384 e. The number of amides is 1. The summed E-state index contributed by atoms with van der Waals surface area (Å²) >= 11 is 0. The van der Waals surface area contributed by atoms with E-state index in [0.29, 0.717) is 18.3 Å². The zero-order valence-electron chi connectivity index (χ0n) is 9.74. The summed E-state index contributed by atoms with van der Waals surface area (Å²) in [6.07, 6.45) is 1.57. The number of hydrogen-bond donors (Lipinski definition) is 3. The molecular formula is C10H17N5O. The van der Waals surface area contributed by atoms with Gasteiger partial charge in [-0.25, -0.2) is 4.98 Å². The van der Waals surface area contributed by atoms with Crippen molar-refractivity contribution in [1.82, 2.24) is 15.3 Å². The number of hydrogen-bond acceptors (Lipinski definition) is 5. The summed E-state index contributed by atoms with van der Waals surface area (Å²) in [6.45, 7) is 4.12. The predicted molar refractivity (Wildman–Crippen MR) is 62.8 cm³/mol. The lowest BCUT2D eigenvalue weighted by molar-refractivity contribution is -0.128. The Balaban J connectivity index is 2.61. The van der Waals surface area contributed by atoms with Gasteiger partial charge >= 0.3 is 0 Å². The zero-order chi connectivity index (χ0) is 12.2. The van der Waals surface area contributed by atoms with Gasteiger partial charge in [0.1, 0.15) is 5.82 Å². The standard InChI is InChI=1S/C10H17N5O/c1-10(2,8(16)12-3)6-14-9-13-5-4-7(11)15-9/h4-5H,6H2,1-3H3,(H,12,16)(H3,11,13,14,15). The molecule has 0 spiro atoms. The quantitative estimate of drug-likeness (QED) is 0.680. The van der Waals surface area contributed by atoms with E-state index in [2.05, 4.69) is 20.6 Å². The minimum atomic E-state index is -0.525. The lowest BCUT2D eigenvalue weighted by atomic mass is 9.92. The highest BCUT2D eigenvalue weighted by molar-refractivity contribution is 5.82. The van der Waals surface area contributed by atoms with Crippen molar-refractivity contribution >= 4 is 17.7 Å². The van der Waals surface area contributed by atoms with E-state index in [4.69, 9.17) is 5.73 Å². The molecule has 6 heteroatoms. The van der Waals surface area contributed by atoms with Gasteiger partial charge in [0.15, 0.2) is 0 Å². The number of rotatable bonds is 4. The van der Waals surface area contributed by atoms with E-state index in [0.717, 1.165) is 0 Å². The molecular weight excluding hydrogens is 206 g/mol. The number of aromatic nitrogens is 2. The number of nitrogen functional groups attached to an aromatic ring is 1. The van der Waals surface area contributed by atoms with Gasteiger partial charge in [-0.1, -0.05) is 0 Å². The number of carbonyl (C=O) groups is 1. The van der Waals surface area contributed by atoms with Crippen LogP contribution in [0.4, 0.5) is 11.8 Å². The zero-order valence-corrected chi connectivity index (χ0v) is 9.74. The molecule has 6 nitrogen and oxygen atoms in total. The van der Waals surface area contributed by atoms with Gasteiger partial charge in [-0.2, -0.15) is 4.98 Å². The van der Waals surface area contributed by atoms with Crippen LogP contribution in [0, 0.1) is 5.41 Å². The number of nitrogens with two attached hydrogens (primary N) is 1. The van der Waals surface area contributed by atoms with Gasteiger partial charge in [-0.15, -0.1) is 0 Å². The van der Waals surface area contributed by atoms with Crippen LogP contribution >= 0.6 is 0 Å². The first-order valence-electron chi connectivity index (χ1n) is 5.00. The van der Waals surface area contributed by atoms with Crippen LogP contribution in [0.25, 0.3) is 0 Å². The van der Waals surface area contributed by atoms with Crippen molar-refractivity contribution < 1.29 is 4.79 Å². The lowest BCUT2D eigenvalue weighted by Crippen LogP contribution is -2.39. The van der Waals surface area contributed by atoms with Gasteiger partial charge in [0.25, 0.3) is 0 Å². The van der Waals surface area contributed by atoms with Gasteiger partial charge in [-0.3, -0.25) is 4.79 Å². The first-order chi connectivity index (χ1) is 7.45. The molecule has 0 fully saturated rings. The molecule has 1 aromatic heterocycles. The summed E-state index contributed by atoms with van der Waals surface area (Å²) in [5, 5.41) is 5.59. The molecule has 0 atom stereocenters. The van der Waals surface area contributed by atoms with Crippen molar-refractivity contribution in [2.24, 2.45) is 5.41 Å². The fraction of sp³-hybridized carbons (Fsp3) is 0.500. The summed E-state index contributed by atoms with van der Waals surface area (Å²) in [5.41, 5.74) is 4.99. The Kier molecular flexibility index (Phi) is 3.65.